The Morgan fingerprint density at radius 1 is 1.17 bits per heavy atom. The number of nitrogen functional groups attached to an aromatic ring is 1. The van der Waals surface area contributed by atoms with Crippen molar-refractivity contribution in [3.05, 3.63) is 22.6 Å². The van der Waals surface area contributed by atoms with Crippen molar-refractivity contribution in [1.29, 1.82) is 0 Å². The van der Waals surface area contributed by atoms with Gasteiger partial charge in [-0.05, 0) is 6.07 Å². The molecule has 0 saturated carbocycles. The predicted octanol–water partition coefficient (Wildman–Crippen LogP) is 3.22. The Morgan fingerprint density at radius 2 is 1.74 bits per heavy atom. The fourth-order valence-electron chi connectivity index (χ4n) is 3.16. The number of methoxy groups -OCH3 is 4. The molecule has 3 unspecified atom stereocenters. The summed E-state index contributed by atoms with van der Waals surface area (Å²) in [5.41, 5.74) is 5.86. The average molecular weight is 507 g/mol. The van der Waals surface area contributed by atoms with Crippen molar-refractivity contribution in [3.8, 4) is 0 Å². The lowest BCUT2D eigenvalue weighted by Crippen LogP contribution is -2.27. The van der Waals surface area contributed by atoms with Crippen LogP contribution in [-0.2, 0) is 23.7 Å². The van der Waals surface area contributed by atoms with Gasteiger partial charge in [0.15, 0.2) is 5.65 Å². The molecule has 0 amide bonds. The van der Waals surface area contributed by atoms with E-state index in [-0.39, 0.29) is 52.2 Å². The van der Waals surface area contributed by atoms with Crippen molar-refractivity contribution < 1.29 is 28.8 Å². The van der Waals surface area contributed by atoms with Crippen molar-refractivity contribution >= 4 is 17.0 Å². The number of aromatic amines is 1. The predicted molar refractivity (Wildman–Crippen MR) is 142 cm³/mol. The maximum Gasteiger partial charge on any atom is 0.261 e. The number of anilines is 1. The number of nitrogens with zero attached hydrogens (tertiary/aromatic N) is 2. The van der Waals surface area contributed by atoms with E-state index in [1.807, 2.05) is 4.57 Å². The molecule has 1 saturated heterocycles. The van der Waals surface area contributed by atoms with Gasteiger partial charge < -0.3 is 39.1 Å². The van der Waals surface area contributed by atoms with Crippen LogP contribution in [0.3, 0.4) is 0 Å². The Hall–Kier alpha value is -2.02. The second-order valence-corrected chi connectivity index (χ2v) is 7.28. The normalized spacial score (nSPS) is 18.3. The Bertz CT molecular complexity index is 822. The molecule has 3 atom stereocenters. The van der Waals surface area contributed by atoms with Crippen LogP contribution in [0.4, 0.5) is 5.95 Å². The first-order valence-corrected chi connectivity index (χ1v) is 10.6. The first-order valence-electron chi connectivity index (χ1n) is 10.6. The molecular formula is C24H50N4O7. The van der Waals surface area contributed by atoms with E-state index in [0.717, 1.165) is 0 Å². The lowest BCUT2D eigenvalue weighted by atomic mass is 10.2. The number of fused-ring (bicyclic) bond motifs is 1. The van der Waals surface area contributed by atoms with Gasteiger partial charge in [0.25, 0.3) is 5.56 Å². The molecule has 0 bridgehead atoms. The van der Waals surface area contributed by atoms with Crippen LogP contribution in [0.15, 0.2) is 17.1 Å². The van der Waals surface area contributed by atoms with Gasteiger partial charge in [-0.3, -0.25) is 9.78 Å². The number of rotatable bonds is 8. The minimum atomic E-state index is -0.481. The number of aliphatic hydroxyl groups is 1. The Morgan fingerprint density at radius 3 is 2.23 bits per heavy atom. The Labute approximate surface area is 210 Å². The summed E-state index contributed by atoms with van der Waals surface area (Å²) >= 11 is 0. The molecule has 0 spiro atoms. The smallest absolute Gasteiger partial charge is 0.261 e. The number of hydrogen-bond acceptors (Lipinski definition) is 9. The summed E-state index contributed by atoms with van der Waals surface area (Å²) in [5.74, 6) is 0.0854. The third-order valence-corrected chi connectivity index (χ3v) is 4.44. The van der Waals surface area contributed by atoms with E-state index < -0.39 is 6.10 Å². The van der Waals surface area contributed by atoms with E-state index in [1.165, 1.54) is 6.42 Å². The van der Waals surface area contributed by atoms with Gasteiger partial charge in [0.2, 0.25) is 5.95 Å². The summed E-state index contributed by atoms with van der Waals surface area (Å²) in [6, 6.07) is 1.70. The first-order chi connectivity index (χ1) is 15.4. The highest BCUT2D eigenvalue weighted by Crippen LogP contribution is 2.32. The molecule has 3 heterocycles. The molecule has 0 radical (unpaired) electrons. The number of nitrogens with two attached hydrogens (primary N) is 1. The summed E-state index contributed by atoms with van der Waals surface area (Å²) in [7, 11) is 6.35. The molecule has 208 valence electrons. The molecule has 11 nitrogen and oxygen atoms in total. The van der Waals surface area contributed by atoms with Crippen molar-refractivity contribution in [1.82, 2.24) is 14.5 Å². The number of aromatic nitrogens is 3. The van der Waals surface area contributed by atoms with Gasteiger partial charge in [0, 0.05) is 41.1 Å². The molecule has 11 heteroatoms. The molecule has 0 aliphatic carbocycles. The molecule has 1 aliphatic heterocycles. The van der Waals surface area contributed by atoms with Crippen LogP contribution in [-0.4, -0.2) is 86.2 Å². The highest BCUT2D eigenvalue weighted by Gasteiger charge is 2.36. The summed E-state index contributed by atoms with van der Waals surface area (Å²) in [5, 5.41) is 9.28. The first kappa shape index (κ1) is 37.5. The topological polar surface area (TPSA) is 143 Å². The van der Waals surface area contributed by atoms with Gasteiger partial charge in [0.1, 0.15) is 18.4 Å². The van der Waals surface area contributed by atoms with E-state index in [4.69, 9.17) is 25.1 Å². The third-order valence-electron chi connectivity index (χ3n) is 4.44. The minimum Gasteiger partial charge on any atom is -0.388 e. The van der Waals surface area contributed by atoms with Gasteiger partial charge in [-0.25, -0.2) is 0 Å². The van der Waals surface area contributed by atoms with Crippen LogP contribution in [0.5, 0.6) is 0 Å². The minimum absolute atomic E-state index is 0. The van der Waals surface area contributed by atoms with Crippen molar-refractivity contribution in [2.24, 2.45) is 0 Å². The summed E-state index contributed by atoms with van der Waals surface area (Å²) in [6.07, 6.45) is 2.72. The van der Waals surface area contributed by atoms with E-state index in [0.29, 0.717) is 37.3 Å². The number of ether oxygens (including phenoxy) is 5. The highest BCUT2D eigenvalue weighted by atomic mass is 16.6. The second kappa shape index (κ2) is 20.2. The molecular weight excluding hydrogens is 456 g/mol. The zero-order chi connectivity index (χ0) is 24.1. The summed E-state index contributed by atoms with van der Waals surface area (Å²) < 4.78 is 27.6. The fraction of sp³-hybridized carbons (Fsp3) is 0.750. The molecule has 35 heavy (non-hydrogen) atoms. The van der Waals surface area contributed by atoms with Crippen LogP contribution in [0.1, 0.15) is 55.2 Å². The summed E-state index contributed by atoms with van der Waals surface area (Å²) in [6.45, 7) is 5.38. The van der Waals surface area contributed by atoms with Gasteiger partial charge >= 0.3 is 0 Å². The quantitative estimate of drug-likeness (QED) is 0.491. The largest absolute Gasteiger partial charge is 0.388 e. The van der Waals surface area contributed by atoms with Gasteiger partial charge in [0.05, 0.1) is 31.3 Å². The molecule has 1 aliphatic rings. The van der Waals surface area contributed by atoms with Crippen LogP contribution in [0.2, 0.25) is 0 Å². The van der Waals surface area contributed by atoms with Crippen molar-refractivity contribution in [2.75, 3.05) is 54.0 Å². The maximum absolute atomic E-state index is 11.8. The molecule has 4 N–H and O–H groups in total. The molecule has 2 aromatic heterocycles. The number of aliphatic hydroxyl groups excluding tert-OH is 1. The van der Waals surface area contributed by atoms with Crippen molar-refractivity contribution in [2.45, 2.75) is 73.5 Å². The van der Waals surface area contributed by atoms with E-state index >= 15 is 0 Å². The summed E-state index contributed by atoms with van der Waals surface area (Å²) in [4.78, 5) is 18.5. The Kier molecular flexibility index (Phi) is 21.7. The molecule has 2 aromatic rings. The van der Waals surface area contributed by atoms with Crippen LogP contribution in [0.25, 0.3) is 11.0 Å². The standard InChI is InChI=1S/C13H18N4O4.C5H12O3.C3H8.3CH4/c1-19-6-9-8(20-2)5-10(21-9)17-4-3-7-11(17)15-13(14)16-12(7)18;1-7-3-5(6)4-8-2;1-3-2;;;/h3-4,8-10H,5-6H2,1-2H3,(H3,14,15,16,18);5-6H,3-4H2,1-2H3;3H2,1-2H3;3*1H4. The number of hydrogen-bond donors (Lipinski definition) is 3. The monoisotopic (exact) mass is 506 g/mol. The van der Waals surface area contributed by atoms with E-state index in [1.54, 1.807) is 40.7 Å². The fourth-order valence-corrected chi connectivity index (χ4v) is 3.16. The zero-order valence-electron chi connectivity index (χ0n) is 19.9. The lowest BCUT2D eigenvalue weighted by molar-refractivity contribution is -0.0596. The lowest BCUT2D eigenvalue weighted by Gasteiger charge is -2.16. The maximum atomic E-state index is 11.8. The van der Waals surface area contributed by atoms with Gasteiger partial charge in [-0.15, -0.1) is 0 Å². The zero-order valence-corrected chi connectivity index (χ0v) is 19.9. The van der Waals surface area contributed by atoms with Crippen LogP contribution in [0, 0.1) is 0 Å². The van der Waals surface area contributed by atoms with Gasteiger partial charge in [-0.2, -0.15) is 4.98 Å². The number of nitrogens with one attached hydrogen (secondary N) is 1. The van der Waals surface area contributed by atoms with E-state index in [9.17, 15) is 4.79 Å². The van der Waals surface area contributed by atoms with Gasteiger partial charge in [-0.1, -0.05) is 42.5 Å². The molecule has 0 aromatic carbocycles. The highest BCUT2D eigenvalue weighted by molar-refractivity contribution is 5.76. The van der Waals surface area contributed by atoms with Crippen molar-refractivity contribution in [3.63, 3.8) is 0 Å². The molecule has 3 rings (SSSR count). The third kappa shape index (κ3) is 11.5. The van der Waals surface area contributed by atoms with Crippen LogP contribution >= 0.6 is 0 Å². The molecule has 1 fully saturated rings. The average Bonchev–Trinajstić information content (AvgIpc) is 3.33. The van der Waals surface area contributed by atoms with Crippen LogP contribution < -0.4 is 11.3 Å². The van der Waals surface area contributed by atoms with E-state index in [2.05, 4.69) is 33.3 Å². The SMILES string of the molecule is C.C.C.CCC.COCC(O)COC.COCC1OC(n2ccc3c(=O)[nH]c(N)nc32)CC1OC. The second-order valence-electron chi connectivity index (χ2n) is 7.28. The number of H-pyrrole nitrogens is 1. The Balaban J connectivity index is -0.000000629.